The highest BCUT2D eigenvalue weighted by Gasteiger charge is 2.49. The molecule has 0 aromatic heterocycles. The summed E-state index contributed by atoms with van der Waals surface area (Å²) in [7, 11) is 1.79. The summed E-state index contributed by atoms with van der Waals surface area (Å²) in [6.07, 6.45) is 4.44. The van der Waals surface area contributed by atoms with Crippen molar-refractivity contribution in [2.24, 2.45) is 22.2 Å². The normalized spacial score (nSPS) is 26.6. The third-order valence-corrected chi connectivity index (χ3v) is 4.35. The van der Waals surface area contributed by atoms with Crippen LogP contribution in [0.25, 0.3) is 0 Å². The number of ether oxygens (including phenoxy) is 1. The van der Waals surface area contributed by atoms with E-state index in [4.69, 9.17) is 15.7 Å². The Balaban J connectivity index is 1.97. The number of oxime groups is 1. The third kappa shape index (κ3) is 2.68. The molecule has 108 valence electrons. The molecule has 0 spiro atoms. The summed E-state index contributed by atoms with van der Waals surface area (Å²) in [6, 6.07) is 0. The molecular weight excluding hydrogens is 246 g/mol. The molecule has 2 rings (SSSR count). The monoisotopic (exact) mass is 269 g/mol. The molecule has 1 unspecified atom stereocenters. The molecule has 1 saturated carbocycles. The second-order valence-corrected chi connectivity index (χ2v) is 5.69. The number of amidine groups is 1. The molecule has 2 fully saturated rings. The van der Waals surface area contributed by atoms with Gasteiger partial charge in [0.2, 0.25) is 5.91 Å². The summed E-state index contributed by atoms with van der Waals surface area (Å²) in [5.74, 6) is 0.419. The Morgan fingerprint density at radius 2 is 2.26 bits per heavy atom. The van der Waals surface area contributed by atoms with E-state index in [0.717, 1.165) is 25.9 Å². The fourth-order valence-electron chi connectivity index (χ4n) is 2.99. The lowest BCUT2D eigenvalue weighted by Gasteiger charge is -2.42. The number of amides is 1. The van der Waals surface area contributed by atoms with E-state index in [0.29, 0.717) is 31.9 Å². The van der Waals surface area contributed by atoms with Gasteiger partial charge in [0.15, 0.2) is 5.84 Å². The van der Waals surface area contributed by atoms with Gasteiger partial charge in [0.1, 0.15) is 5.41 Å². The Hall–Kier alpha value is -1.30. The number of hydrogen-bond acceptors (Lipinski definition) is 4. The van der Waals surface area contributed by atoms with E-state index in [9.17, 15) is 4.79 Å². The topological polar surface area (TPSA) is 88.2 Å². The maximum absolute atomic E-state index is 12.5. The molecular formula is C13H23N3O3. The van der Waals surface area contributed by atoms with E-state index in [2.05, 4.69) is 5.16 Å². The molecule has 0 radical (unpaired) electrons. The van der Waals surface area contributed by atoms with Gasteiger partial charge in [-0.3, -0.25) is 4.79 Å². The minimum absolute atomic E-state index is 0.0281. The van der Waals surface area contributed by atoms with Crippen LogP contribution in [-0.2, 0) is 9.53 Å². The van der Waals surface area contributed by atoms with E-state index < -0.39 is 5.41 Å². The van der Waals surface area contributed by atoms with E-state index in [1.165, 1.54) is 0 Å². The van der Waals surface area contributed by atoms with Crippen LogP contribution >= 0.6 is 0 Å². The van der Waals surface area contributed by atoms with E-state index in [1.807, 2.05) is 0 Å². The minimum Gasteiger partial charge on any atom is -0.409 e. The zero-order valence-electron chi connectivity index (χ0n) is 11.5. The van der Waals surface area contributed by atoms with Crippen molar-refractivity contribution in [2.75, 3.05) is 26.8 Å². The Morgan fingerprint density at radius 1 is 1.53 bits per heavy atom. The van der Waals surface area contributed by atoms with Crippen LogP contribution in [0, 0.1) is 11.3 Å². The van der Waals surface area contributed by atoms with Crippen LogP contribution in [0.3, 0.4) is 0 Å². The third-order valence-electron chi connectivity index (χ3n) is 4.35. The van der Waals surface area contributed by atoms with Crippen LogP contribution in [0.15, 0.2) is 5.16 Å². The standard InChI is InChI=1S/C13H23N3O3/c1-16(8-10-4-2-7-19-9-10)12(17)13(5-3-6-13)11(14)15-18/h10,18H,2-9H2,1H3,(H2,14,15). The molecule has 1 heterocycles. The van der Waals surface area contributed by atoms with Gasteiger partial charge in [0.25, 0.3) is 0 Å². The Morgan fingerprint density at radius 3 is 2.74 bits per heavy atom. The lowest BCUT2D eigenvalue weighted by molar-refractivity contribution is -0.142. The van der Waals surface area contributed by atoms with Crippen molar-refractivity contribution >= 4 is 11.7 Å². The number of carbonyl (C=O) groups is 1. The highest BCUT2D eigenvalue weighted by Crippen LogP contribution is 2.42. The van der Waals surface area contributed by atoms with Crippen molar-refractivity contribution < 1.29 is 14.7 Å². The second kappa shape index (κ2) is 5.77. The van der Waals surface area contributed by atoms with Crippen molar-refractivity contribution in [1.82, 2.24) is 4.90 Å². The van der Waals surface area contributed by atoms with Crippen LogP contribution in [0.5, 0.6) is 0 Å². The van der Waals surface area contributed by atoms with Gasteiger partial charge in [-0.1, -0.05) is 11.6 Å². The molecule has 0 bridgehead atoms. The maximum atomic E-state index is 12.5. The molecule has 2 aliphatic rings. The van der Waals surface area contributed by atoms with Gasteiger partial charge in [-0.15, -0.1) is 0 Å². The molecule has 6 nitrogen and oxygen atoms in total. The predicted octanol–water partition coefficient (Wildman–Crippen LogP) is 0.788. The zero-order chi connectivity index (χ0) is 13.9. The maximum Gasteiger partial charge on any atom is 0.236 e. The molecule has 0 aromatic rings. The summed E-state index contributed by atoms with van der Waals surface area (Å²) >= 11 is 0. The smallest absolute Gasteiger partial charge is 0.236 e. The largest absolute Gasteiger partial charge is 0.409 e. The van der Waals surface area contributed by atoms with Gasteiger partial charge in [-0.05, 0) is 31.6 Å². The van der Waals surface area contributed by atoms with Crippen LogP contribution in [-0.4, -0.2) is 48.7 Å². The van der Waals surface area contributed by atoms with E-state index in [-0.39, 0.29) is 11.7 Å². The van der Waals surface area contributed by atoms with Gasteiger partial charge in [0.05, 0.1) is 6.61 Å². The van der Waals surface area contributed by atoms with Gasteiger partial charge < -0.3 is 20.6 Å². The molecule has 1 aliphatic carbocycles. The number of rotatable bonds is 4. The minimum atomic E-state index is -0.765. The number of nitrogens with two attached hydrogens (primary N) is 1. The van der Waals surface area contributed by atoms with Crippen molar-refractivity contribution in [3.8, 4) is 0 Å². The summed E-state index contributed by atoms with van der Waals surface area (Å²) in [4.78, 5) is 14.3. The summed E-state index contributed by atoms with van der Waals surface area (Å²) in [5.41, 5.74) is 4.95. The first-order valence-electron chi connectivity index (χ1n) is 6.91. The Bertz CT molecular complexity index is 360. The van der Waals surface area contributed by atoms with Gasteiger partial charge in [-0.25, -0.2) is 0 Å². The van der Waals surface area contributed by atoms with Crippen LogP contribution < -0.4 is 5.73 Å². The highest BCUT2D eigenvalue weighted by atomic mass is 16.5. The first-order valence-corrected chi connectivity index (χ1v) is 6.91. The zero-order valence-corrected chi connectivity index (χ0v) is 11.5. The SMILES string of the molecule is CN(CC1CCCOC1)C(=O)C1(C(N)=NO)CCC1. The lowest BCUT2D eigenvalue weighted by atomic mass is 9.67. The molecule has 1 amide bonds. The van der Waals surface area contributed by atoms with Crippen LogP contribution in [0.4, 0.5) is 0 Å². The quantitative estimate of drug-likeness (QED) is 0.342. The van der Waals surface area contributed by atoms with Gasteiger partial charge in [0, 0.05) is 20.2 Å². The number of nitrogens with zero attached hydrogens (tertiary/aromatic N) is 2. The van der Waals surface area contributed by atoms with Crippen molar-refractivity contribution in [1.29, 1.82) is 0 Å². The van der Waals surface area contributed by atoms with E-state index >= 15 is 0 Å². The van der Waals surface area contributed by atoms with Crippen LogP contribution in [0.1, 0.15) is 32.1 Å². The molecule has 6 heteroatoms. The molecule has 19 heavy (non-hydrogen) atoms. The molecule has 1 atom stereocenters. The number of hydrogen-bond donors (Lipinski definition) is 2. The average molecular weight is 269 g/mol. The van der Waals surface area contributed by atoms with Crippen molar-refractivity contribution in [3.63, 3.8) is 0 Å². The van der Waals surface area contributed by atoms with Crippen LogP contribution in [0.2, 0.25) is 0 Å². The fraction of sp³-hybridized carbons (Fsp3) is 0.846. The van der Waals surface area contributed by atoms with Crippen molar-refractivity contribution in [3.05, 3.63) is 0 Å². The van der Waals surface area contributed by atoms with E-state index in [1.54, 1.807) is 11.9 Å². The second-order valence-electron chi connectivity index (χ2n) is 5.69. The van der Waals surface area contributed by atoms with Gasteiger partial charge in [-0.2, -0.15) is 0 Å². The highest BCUT2D eigenvalue weighted by molar-refractivity contribution is 6.07. The number of carbonyl (C=O) groups excluding carboxylic acids is 1. The van der Waals surface area contributed by atoms with Crippen molar-refractivity contribution in [2.45, 2.75) is 32.1 Å². The molecule has 1 saturated heterocycles. The Labute approximate surface area is 113 Å². The van der Waals surface area contributed by atoms with Gasteiger partial charge >= 0.3 is 0 Å². The fourth-order valence-corrected chi connectivity index (χ4v) is 2.99. The first kappa shape index (κ1) is 14.1. The molecule has 3 N–H and O–H groups in total. The predicted molar refractivity (Wildman–Crippen MR) is 70.9 cm³/mol. The average Bonchev–Trinajstić information content (AvgIpc) is 2.38. The first-order chi connectivity index (χ1) is 9.10. The Kier molecular flexibility index (Phi) is 4.29. The summed E-state index contributed by atoms with van der Waals surface area (Å²) in [6.45, 7) is 2.22. The molecule has 0 aromatic carbocycles. The lowest BCUT2D eigenvalue weighted by Crippen LogP contribution is -2.55. The summed E-state index contributed by atoms with van der Waals surface area (Å²) in [5, 5.41) is 11.9. The molecule has 1 aliphatic heterocycles. The summed E-state index contributed by atoms with van der Waals surface area (Å²) < 4.78 is 5.43.